The summed E-state index contributed by atoms with van der Waals surface area (Å²) in [5.74, 6) is -0.193. The number of rotatable bonds is 5. The molecule has 0 aromatic rings. The summed E-state index contributed by atoms with van der Waals surface area (Å²) in [5.41, 5.74) is 0. The fourth-order valence-electron chi connectivity index (χ4n) is 1.68. The normalized spacial score (nSPS) is 23.4. The zero-order valence-electron chi connectivity index (χ0n) is 8.91. The zero-order valence-corrected chi connectivity index (χ0v) is 8.91. The summed E-state index contributed by atoms with van der Waals surface area (Å²) in [6, 6.07) is -0.289. The van der Waals surface area contributed by atoms with Crippen LogP contribution in [0.1, 0.15) is 26.7 Å². The molecule has 1 heterocycles. The van der Waals surface area contributed by atoms with Crippen LogP contribution in [0.4, 0.5) is 0 Å². The molecule has 1 fully saturated rings. The number of carbonyl (C=O) groups excluding carboxylic acids is 1. The predicted octanol–water partition coefficient (Wildman–Crippen LogP) is 0.707. The van der Waals surface area contributed by atoms with Crippen molar-refractivity contribution in [2.45, 2.75) is 38.8 Å². The Morgan fingerprint density at radius 2 is 2.43 bits per heavy atom. The second-order valence-electron chi connectivity index (χ2n) is 3.34. The molecule has 0 radical (unpaired) electrons. The van der Waals surface area contributed by atoms with Gasteiger partial charge in [-0.3, -0.25) is 4.79 Å². The Morgan fingerprint density at radius 1 is 1.64 bits per heavy atom. The van der Waals surface area contributed by atoms with Crippen LogP contribution >= 0.6 is 0 Å². The first-order valence-corrected chi connectivity index (χ1v) is 5.31. The second kappa shape index (κ2) is 5.98. The highest BCUT2D eigenvalue weighted by molar-refractivity contribution is 5.76. The van der Waals surface area contributed by atoms with E-state index in [0.717, 1.165) is 26.0 Å². The lowest BCUT2D eigenvalue weighted by Gasteiger charge is -2.21. The SMILES string of the molecule is CCNC(C(=O)OCC)C1CCCO1. The third kappa shape index (κ3) is 2.96. The molecule has 1 aliphatic heterocycles. The number of esters is 1. The van der Waals surface area contributed by atoms with Crippen LogP contribution in [-0.4, -0.2) is 37.9 Å². The Hall–Kier alpha value is -0.610. The highest BCUT2D eigenvalue weighted by Crippen LogP contribution is 2.16. The molecule has 1 aliphatic rings. The lowest BCUT2D eigenvalue weighted by molar-refractivity contribution is -0.149. The van der Waals surface area contributed by atoms with Crippen molar-refractivity contribution in [3.8, 4) is 0 Å². The van der Waals surface area contributed by atoms with Crippen molar-refractivity contribution >= 4 is 5.97 Å². The molecule has 0 saturated carbocycles. The van der Waals surface area contributed by atoms with Gasteiger partial charge in [0.05, 0.1) is 12.7 Å². The maximum absolute atomic E-state index is 11.6. The molecule has 1 rings (SSSR count). The molecule has 14 heavy (non-hydrogen) atoms. The van der Waals surface area contributed by atoms with E-state index in [-0.39, 0.29) is 18.1 Å². The third-order valence-electron chi connectivity index (χ3n) is 2.30. The van der Waals surface area contributed by atoms with Crippen LogP contribution < -0.4 is 5.32 Å². The lowest BCUT2D eigenvalue weighted by Crippen LogP contribution is -2.46. The summed E-state index contributed by atoms with van der Waals surface area (Å²) < 4.78 is 10.5. The molecule has 2 atom stereocenters. The van der Waals surface area contributed by atoms with Crippen LogP contribution in [-0.2, 0) is 14.3 Å². The minimum absolute atomic E-state index is 0.00556. The maximum atomic E-state index is 11.6. The number of carbonyl (C=O) groups is 1. The highest BCUT2D eigenvalue weighted by atomic mass is 16.5. The largest absolute Gasteiger partial charge is 0.465 e. The number of likely N-dealkylation sites (N-methyl/N-ethyl adjacent to an activating group) is 1. The van der Waals surface area contributed by atoms with E-state index in [1.165, 1.54) is 0 Å². The van der Waals surface area contributed by atoms with Crippen LogP contribution in [0.3, 0.4) is 0 Å². The number of ether oxygens (including phenoxy) is 2. The number of hydrogen-bond donors (Lipinski definition) is 1. The van der Waals surface area contributed by atoms with Crippen molar-refractivity contribution in [2.75, 3.05) is 19.8 Å². The fraction of sp³-hybridized carbons (Fsp3) is 0.900. The Kier molecular flexibility index (Phi) is 4.90. The van der Waals surface area contributed by atoms with Gasteiger partial charge in [-0.15, -0.1) is 0 Å². The van der Waals surface area contributed by atoms with Crippen molar-refractivity contribution in [2.24, 2.45) is 0 Å². The molecule has 0 aromatic heterocycles. The van der Waals surface area contributed by atoms with Gasteiger partial charge in [0.2, 0.25) is 0 Å². The molecule has 1 N–H and O–H groups in total. The van der Waals surface area contributed by atoms with Crippen LogP contribution in [0.5, 0.6) is 0 Å². The second-order valence-corrected chi connectivity index (χ2v) is 3.34. The maximum Gasteiger partial charge on any atom is 0.325 e. The van der Waals surface area contributed by atoms with Crippen molar-refractivity contribution in [1.82, 2.24) is 5.32 Å². The Labute approximate surface area is 85.0 Å². The van der Waals surface area contributed by atoms with Crippen LogP contribution in [0, 0.1) is 0 Å². The predicted molar refractivity (Wildman–Crippen MR) is 53.1 cm³/mol. The first kappa shape index (κ1) is 11.5. The molecular weight excluding hydrogens is 182 g/mol. The van der Waals surface area contributed by atoms with Gasteiger partial charge < -0.3 is 14.8 Å². The van der Waals surface area contributed by atoms with Gasteiger partial charge in [0.25, 0.3) is 0 Å². The fourth-order valence-corrected chi connectivity index (χ4v) is 1.68. The number of nitrogens with one attached hydrogen (secondary N) is 1. The van der Waals surface area contributed by atoms with E-state index in [9.17, 15) is 4.79 Å². The molecule has 0 aliphatic carbocycles. The summed E-state index contributed by atoms with van der Waals surface area (Å²) in [7, 11) is 0. The van der Waals surface area contributed by atoms with Crippen molar-refractivity contribution in [3.63, 3.8) is 0 Å². The van der Waals surface area contributed by atoms with Gasteiger partial charge in [-0.1, -0.05) is 6.92 Å². The molecule has 0 aromatic carbocycles. The smallest absolute Gasteiger partial charge is 0.325 e. The van der Waals surface area contributed by atoms with Crippen molar-refractivity contribution in [1.29, 1.82) is 0 Å². The summed E-state index contributed by atoms with van der Waals surface area (Å²) in [6.45, 7) is 5.72. The quantitative estimate of drug-likeness (QED) is 0.665. The molecule has 0 bridgehead atoms. The van der Waals surface area contributed by atoms with Crippen LogP contribution in [0.2, 0.25) is 0 Å². The van der Waals surface area contributed by atoms with Crippen LogP contribution in [0.25, 0.3) is 0 Å². The first-order valence-electron chi connectivity index (χ1n) is 5.31. The Balaban J connectivity index is 2.48. The van der Waals surface area contributed by atoms with E-state index in [2.05, 4.69) is 5.32 Å². The molecule has 2 unspecified atom stereocenters. The van der Waals surface area contributed by atoms with E-state index in [1.54, 1.807) is 0 Å². The number of hydrogen-bond acceptors (Lipinski definition) is 4. The highest BCUT2D eigenvalue weighted by Gasteiger charge is 2.31. The minimum Gasteiger partial charge on any atom is -0.465 e. The van der Waals surface area contributed by atoms with E-state index < -0.39 is 0 Å². The van der Waals surface area contributed by atoms with Gasteiger partial charge >= 0.3 is 5.97 Å². The monoisotopic (exact) mass is 201 g/mol. The van der Waals surface area contributed by atoms with Crippen LogP contribution in [0.15, 0.2) is 0 Å². The first-order chi connectivity index (χ1) is 6.79. The average Bonchev–Trinajstić information content (AvgIpc) is 2.67. The molecule has 4 nitrogen and oxygen atoms in total. The zero-order chi connectivity index (χ0) is 10.4. The van der Waals surface area contributed by atoms with Gasteiger partial charge in [-0.05, 0) is 26.3 Å². The summed E-state index contributed by atoms with van der Waals surface area (Å²) in [4.78, 5) is 11.6. The molecule has 4 heteroatoms. The van der Waals surface area contributed by atoms with Gasteiger partial charge in [0.15, 0.2) is 0 Å². The van der Waals surface area contributed by atoms with Gasteiger partial charge in [0, 0.05) is 6.61 Å². The van der Waals surface area contributed by atoms with Crippen molar-refractivity contribution < 1.29 is 14.3 Å². The Bertz CT molecular complexity index is 178. The minimum atomic E-state index is -0.289. The standard InChI is InChI=1S/C10H19NO3/c1-3-11-9(10(12)13-4-2)8-6-5-7-14-8/h8-9,11H,3-7H2,1-2H3. The summed E-state index contributed by atoms with van der Waals surface area (Å²) in [6.07, 6.45) is 1.97. The summed E-state index contributed by atoms with van der Waals surface area (Å²) >= 11 is 0. The molecular formula is C10H19NO3. The van der Waals surface area contributed by atoms with E-state index in [1.807, 2.05) is 13.8 Å². The Morgan fingerprint density at radius 3 is 2.93 bits per heavy atom. The lowest BCUT2D eigenvalue weighted by atomic mass is 10.1. The van der Waals surface area contributed by atoms with Gasteiger partial charge in [0.1, 0.15) is 6.04 Å². The topological polar surface area (TPSA) is 47.6 Å². The average molecular weight is 201 g/mol. The molecule has 0 amide bonds. The third-order valence-corrected chi connectivity index (χ3v) is 2.30. The van der Waals surface area contributed by atoms with E-state index in [0.29, 0.717) is 6.61 Å². The van der Waals surface area contributed by atoms with Crippen molar-refractivity contribution in [3.05, 3.63) is 0 Å². The van der Waals surface area contributed by atoms with E-state index >= 15 is 0 Å². The van der Waals surface area contributed by atoms with Gasteiger partial charge in [-0.25, -0.2) is 0 Å². The summed E-state index contributed by atoms with van der Waals surface area (Å²) in [5, 5.41) is 3.11. The van der Waals surface area contributed by atoms with Gasteiger partial charge in [-0.2, -0.15) is 0 Å². The molecule has 82 valence electrons. The molecule has 1 saturated heterocycles. The molecule has 0 spiro atoms. The van der Waals surface area contributed by atoms with E-state index in [4.69, 9.17) is 9.47 Å².